The zero-order valence-corrected chi connectivity index (χ0v) is 22.0. The highest BCUT2D eigenvalue weighted by molar-refractivity contribution is 5.73. The Morgan fingerprint density at radius 1 is 0.814 bits per heavy atom. The number of rotatable bonds is 4. The highest BCUT2D eigenvalue weighted by atomic mass is 19.4. The second-order valence-corrected chi connectivity index (χ2v) is 9.06. The molecule has 1 aromatic rings. The third-order valence-corrected chi connectivity index (χ3v) is 5.84. The van der Waals surface area contributed by atoms with Gasteiger partial charge in [0.1, 0.15) is 0 Å². The third kappa shape index (κ3) is 14.7. The number of fused-ring (bicyclic) bond motifs is 1. The monoisotopic (exact) mass is 645 g/mol. The Labute approximate surface area is 237 Å². The van der Waals surface area contributed by atoms with Crippen LogP contribution in [0, 0.1) is 0 Å². The molecule has 0 saturated carbocycles. The van der Waals surface area contributed by atoms with Gasteiger partial charge in [0.25, 0.3) is 0 Å². The first-order chi connectivity index (χ1) is 19.7. The number of ether oxygens (including phenoxy) is 2. The zero-order chi connectivity index (χ0) is 33.0. The van der Waals surface area contributed by atoms with Crippen LogP contribution in [0.3, 0.4) is 0 Å². The predicted octanol–water partition coefficient (Wildman–Crippen LogP) is 3.05. The quantitative estimate of drug-likeness (QED) is 0.415. The van der Waals surface area contributed by atoms with Gasteiger partial charge in [-0.05, 0) is 30.5 Å². The van der Waals surface area contributed by atoms with E-state index < -0.39 is 36.4 Å². The number of hydrogen-bond donors (Lipinski definition) is 3. The van der Waals surface area contributed by atoms with Gasteiger partial charge in [-0.15, -0.1) is 0 Å². The predicted molar refractivity (Wildman–Crippen MR) is 125 cm³/mol. The van der Waals surface area contributed by atoms with E-state index in [4.69, 9.17) is 39.2 Å². The number of aliphatic carboxylic acids is 3. The first-order valence-electron chi connectivity index (χ1n) is 12.2. The summed E-state index contributed by atoms with van der Waals surface area (Å²) in [6.07, 6.45) is -8.27. The molecule has 3 N–H and O–H groups in total. The first kappa shape index (κ1) is 37.8. The van der Waals surface area contributed by atoms with E-state index in [1.165, 1.54) is 18.4 Å². The summed E-state index contributed by atoms with van der Waals surface area (Å²) in [5, 5.41) is 21.4. The zero-order valence-electron chi connectivity index (χ0n) is 22.0. The summed E-state index contributed by atoms with van der Waals surface area (Å²) >= 11 is 0. The molecule has 0 radical (unpaired) electrons. The van der Waals surface area contributed by atoms with Gasteiger partial charge in [-0.25, -0.2) is 14.4 Å². The number of aromatic nitrogens is 1. The lowest BCUT2D eigenvalue weighted by Crippen LogP contribution is -2.52. The summed E-state index contributed by atoms with van der Waals surface area (Å²) in [5.41, 5.74) is 1.33. The first-order valence-corrected chi connectivity index (χ1v) is 12.2. The molecular weight excluding hydrogens is 617 g/mol. The number of likely N-dealkylation sites (tertiary alicyclic amines) is 1. The molecular formula is C23H28F9N3O8. The van der Waals surface area contributed by atoms with Gasteiger partial charge in [0.15, 0.2) is 0 Å². The molecule has 0 amide bonds. The van der Waals surface area contributed by atoms with E-state index in [1.54, 1.807) is 0 Å². The van der Waals surface area contributed by atoms with Crippen LogP contribution < -0.4 is 0 Å². The van der Waals surface area contributed by atoms with Gasteiger partial charge in [-0.1, -0.05) is 0 Å². The van der Waals surface area contributed by atoms with E-state index in [0.29, 0.717) is 18.2 Å². The van der Waals surface area contributed by atoms with Crippen molar-refractivity contribution in [2.75, 3.05) is 39.4 Å². The van der Waals surface area contributed by atoms with Crippen molar-refractivity contribution >= 4 is 17.9 Å². The number of carbonyl (C=O) groups is 3. The van der Waals surface area contributed by atoms with Gasteiger partial charge in [-0.2, -0.15) is 39.5 Å². The molecule has 3 saturated heterocycles. The fourth-order valence-corrected chi connectivity index (χ4v) is 3.99. The van der Waals surface area contributed by atoms with Gasteiger partial charge in [0.05, 0.1) is 18.8 Å². The Hall–Kier alpha value is -3.23. The number of nitrogens with zero attached hydrogens (tertiary/aromatic N) is 3. The molecule has 0 aromatic carbocycles. The van der Waals surface area contributed by atoms with Crippen LogP contribution in [0.1, 0.15) is 18.4 Å². The molecule has 3 fully saturated rings. The molecule has 43 heavy (non-hydrogen) atoms. The molecule has 4 heterocycles. The lowest BCUT2D eigenvalue weighted by molar-refractivity contribution is -0.193. The minimum absolute atomic E-state index is 0.358. The largest absolute Gasteiger partial charge is 0.490 e. The molecule has 0 bridgehead atoms. The number of halogens is 9. The van der Waals surface area contributed by atoms with Gasteiger partial charge < -0.3 is 24.8 Å². The summed E-state index contributed by atoms with van der Waals surface area (Å²) < 4.78 is 107. The molecule has 4 rings (SSSR count). The number of pyridine rings is 1. The number of carboxylic acids is 3. The molecule has 11 nitrogen and oxygen atoms in total. The van der Waals surface area contributed by atoms with Crippen LogP contribution in [-0.2, 0) is 30.4 Å². The minimum atomic E-state index is -5.08. The van der Waals surface area contributed by atoms with Crippen LogP contribution >= 0.6 is 0 Å². The van der Waals surface area contributed by atoms with Crippen LogP contribution in [0.4, 0.5) is 39.5 Å². The molecule has 1 aromatic heterocycles. The molecule has 3 atom stereocenters. The van der Waals surface area contributed by atoms with Gasteiger partial charge in [0.2, 0.25) is 0 Å². The highest BCUT2D eigenvalue weighted by Gasteiger charge is 2.41. The Balaban J connectivity index is 0.000000363. The summed E-state index contributed by atoms with van der Waals surface area (Å²) in [6.45, 7) is 7.05. The normalized spacial score (nSPS) is 22.5. The Morgan fingerprint density at radius 2 is 1.30 bits per heavy atom. The van der Waals surface area contributed by atoms with Crippen molar-refractivity contribution in [2.24, 2.45) is 0 Å². The smallest absolute Gasteiger partial charge is 0.475 e. The van der Waals surface area contributed by atoms with Gasteiger partial charge >= 0.3 is 36.4 Å². The van der Waals surface area contributed by atoms with E-state index in [9.17, 15) is 39.5 Å². The maximum absolute atomic E-state index is 10.6. The van der Waals surface area contributed by atoms with Crippen molar-refractivity contribution in [1.82, 2.24) is 14.8 Å². The summed E-state index contributed by atoms with van der Waals surface area (Å²) in [7, 11) is 0. The Morgan fingerprint density at radius 3 is 1.72 bits per heavy atom. The van der Waals surface area contributed by atoms with Gasteiger partial charge in [0, 0.05) is 57.8 Å². The lowest BCUT2D eigenvalue weighted by atomic mass is 10.1. The van der Waals surface area contributed by atoms with Crippen LogP contribution in [0.5, 0.6) is 0 Å². The van der Waals surface area contributed by atoms with E-state index in [0.717, 1.165) is 45.9 Å². The van der Waals surface area contributed by atoms with Crippen molar-refractivity contribution in [1.29, 1.82) is 0 Å². The summed E-state index contributed by atoms with van der Waals surface area (Å²) in [4.78, 5) is 35.9. The highest BCUT2D eigenvalue weighted by Crippen LogP contribution is 2.26. The van der Waals surface area contributed by atoms with Crippen molar-refractivity contribution < 1.29 is 78.7 Å². The van der Waals surface area contributed by atoms with Crippen LogP contribution in [-0.4, -0.2) is 124 Å². The fraction of sp³-hybridized carbons (Fsp3) is 0.652. The number of hydrogen-bond acceptors (Lipinski definition) is 8. The number of carboxylic acid groups (broad SMARTS) is 3. The molecule has 0 aliphatic carbocycles. The van der Waals surface area contributed by atoms with E-state index in [1.807, 2.05) is 12.4 Å². The Kier molecular flexibility index (Phi) is 14.6. The fourth-order valence-electron chi connectivity index (χ4n) is 3.99. The Bertz CT molecular complexity index is 963. The van der Waals surface area contributed by atoms with E-state index in [2.05, 4.69) is 26.9 Å². The van der Waals surface area contributed by atoms with Crippen LogP contribution in [0.25, 0.3) is 0 Å². The second-order valence-electron chi connectivity index (χ2n) is 9.06. The molecule has 20 heteroatoms. The maximum Gasteiger partial charge on any atom is 0.490 e. The summed E-state index contributed by atoms with van der Waals surface area (Å²) in [6, 6.07) is 4.74. The number of alkyl halides is 9. The van der Waals surface area contributed by atoms with Crippen molar-refractivity contribution in [3.05, 3.63) is 30.1 Å². The van der Waals surface area contributed by atoms with Crippen molar-refractivity contribution in [3.63, 3.8) is 0 Å². The minimum Gasteiger partial charge on any atom is -0.475 e. The maximum atomic E-state index is 10.6. The topological polar surface area (TPSA) is 150 Å². The molecule has 3 aliphatic heterocycles. The molecule has 1 unspecified atom stereocenters. The molecule has 0 spiro atoms. The van der Waals surface area contributed by atoms with Gasteiger partial charge in [-0.3, -0.25) is 14.8 Å². The van der Waals surface area contributed by atoms with E-state index in [-0.39, 0.29) is 0 Å². The third-order valence-electron chi connectivity index (χ3n) is 5.84. The molecule has 3 aliphatic rings. The molecule has 246 valence electrons. The average Bonchev–Trinajstić information content (AvgIpc) is 3.54. The van der Waals surface area contributed by atoms with Crippen molar-refractivity contribution in [3.8, 4) is 0 Å². The lowest BCUT2D eigenvalue weighted by Gasteiger charge is -2.38. The summed E-state index contributed by atoms with van der Waals surface area (Å²) in [5.74, 6) is -8.27. The number of morpholine rings is 1. The average molecular weight is 645 g/mol. The second kappa shape index (κ2) is 16.6. The van der Waals surface area contributed by atoms with Crippen LogP contribution in [0.15, 0.2) is 24.5 Å². The van der Waals surface area contributed by atoms with Crippen molar-refractivity contribution in [2.45, 2.75) is 56.2 Å². The SMILES string of the molecule is O=C(O)C(F)(F)F.O=C(O)C(F)(F)F.O=C(O)C(F)(F)F.c1cc(CN2C[C@@H]3OCCN(CC4CCCO4)[C@@H]3C2)ccn1. The standard InChI is InChI=1S/C17H25N3O2.3C2HF3O2/c1-2-15(21-8-1)11-20-7-9-22-17-13-19(12-16(17)20)10-14-3-5-18-6-4-14;3*3-2(4,5)1(6)7/h3-6,15-17H,1-2,7-13H2;3*(H,6,7)/t15?,16-,17+;;;/m1.../s1. The van der Waals surface area contributed by atoms with Crippen LogP contribution in [0.2, 0.25) is 0 Å². The van der Waals surface area contributed by atoms with E-state index >= 15 is 0 Å².